The summed E-state index contributed by atoms with van der Waals surface area (Å²) >= 11 is 0. The van der Waals surface area contributed by atoms with Gasteiger partial charge in [-0.3, -0.25) is 4.79 Å². The van der Waals surface area contributed by atoms with Gasteiger partial charge in [0.2, 0.25) is 5.91 Å². The summed E-state index contributed by atoms with van der Waals surface area (Å²) in [6, 6.07) is 11.8. The lowest BCUT2D eigenvalue weighted by molar-refractivity contribution is -0.130. The lowest BCUT2D eigenvalue weighted by Crippen LogP contribution is -2.28. The summed E-state index contributed by atoms with van der Waals surface area (Å²) in [5.41, 5.74) is 1.16. The van der Waals surface area contributed by atoms with Gasteiger partial charge in [0.25, 0.3) is 0 Å². The number of rotatable bonds is 5. The summed E-state index contributed by atoms with van der Waals surface area (Å²) in [7, 11) is 1.65. The van der Waals surface area contributed by atoms with E-state index in [1.54, 1.807) is 13.4 Å². The van der Waals surface area contributed by atoms with Gasteiger partial charge in [0.05, 0.1) is 13.4 Å². The van der Waals surface area contributed by atoms with E-state index < -0.39 is 0 Å². The number of ether oxygens (including phenoxy) is 1. The molecule has 1 aromatic carbocycles. The fraction of sp³-hybridized carbons (Fsp3) is 0.389. The van der Waals surface area contributed by atoms with Crippen LogP contribution in [-0.2, 0) is 11.2 Å². The van der Waals surface area contributed by atoms with Crippen LogP contribution in [0.1, 0.15) is 30.1 Å². The molecule has 1 unspecified atom stereocenters. The number of carbonyl (C=O) groups excluding carboxylic acids is 1. The van der Waals surface area contributed by atoms with E-state index in [1.807, 2.05) is 41.3 Å². The first-order valence-electron chi connectivity index (χ1n) is 7.70. The number of carbonyl (C=O) groups is 1. The Morgan fingerprint density at radius 2 is 2.14 bits per heavy atom. The largest absolute Gasteiger partial charge is 0.497 e. The normalized spacial score (nSPS) is 17.7. The number of hydrogen-bond donors (Lipinski definition) is 0. The van der Waals surface area contributed by atoms with Crippen molar-refractivity contribution in [2.45, 2.75) is 25.2 Å². The molecule has 1 aromatic heterocycles. The molecule has 22 heavy (non-hydrogen) atoms. The van der Waals surface area contributed by atoms with Crippen molar-refractivity contribution < 1.29 is 13.9 Å². The fourth-order valence-electron chi connectivity index (χ4n) is 2.94. The molecule has 3 rings (SSSR count). The number of methoxy groups -OCH3 is 1. The molecule has 0 bridgehead atoms. The number of hydrogen-bond acceptors (Lipinski definition) is 3. The summed E-state index contributed by atoms with van der Waals surface area (Å²) < 4.78 is 10.6. The van der Waals surface area contributed by atoms with Crippen LogP contribution in [0.3, 0.4) is 0 Å². The van der Waals surface area contributed by atoms with Crippen molar-refractivity contribution in [2.75, 3.05) is 20.2 Å². The van der Waals surface area contributed by atoms with Crippen LogP contribution in [0, 0.1) is 0 Å². The zero-order valence-electron chi connectivity index (χ0n) is 12.8. The Balaban J connectivity index is 1.50. The molecule has 1 atom stereocenters. The van der Waals surface area contributed by atoms with E-state index in [0.29, 0.717) is 12.3 Å². The van der Waals surface area contributed by atoms with Gasteiger partial charge < -0.3 is 14.1 Å². The highest BCUT2D eigenvalue weighted by molar-refractivity contribution is 5.76. The molecule has 0 aliphatic carbocycles. The van der Waals surface area contributed by atoms with Crippen LogP contribution in [0.15, 0.2) is 47.1 Å². The SMILES string of the molecule is COc1ccc(CCC(=O)N2CCC(c3ccco3)C2)cc1. The van der Waals surface area contributed by atoms with Gasteiger partial charge in [0.1, 0.15) is 11.5 Å². The third-order valence-corrected chi connectivity index (χ3v) is 4.27. The molecule has 1 aliphatic heterocycles. The van der Waals surface area contributed by atoms with E-state index in [2.05, 4.69) is 0 Å². The van der Waals surface area contributed by atoms with Gasteiger partial charge in [-0.15, -0.1) is 0 Å². The second-order valence-corrected chi connectivity index (χ2v) is 5.69. The maximum absolute atomic E-state index is 12.3. The van der Waals surface area contributed by atoms with Gasteiger partial charge in [0.15, 0.2) is 0 Å². The molecule has 0 radical (unpaired) electrons. The zero-order valence-corrected chi connectivity index (χ0v) is 12.8. The molecule has 116 valence electrons. The average Bonchev–Trinajstić information content (AvgIpc) is 3.23. The van der Waals surface area contributed by atoms with Crippen molar-refractivity contribution in [3.05, 3.63) is 54.0 Å². The quantitative estimate of drug-likeness (QED) is 0.851. The monoisotopic (exact) mass is 299 g/mol. The van der Waals surface area contributed by atoms with Crippen LogP contribution in [0.4, 0.5) is 0 Å². The molecule has 0 spiro atoms. The molecule has 1 fully saturated rings. The van der Waals surface area contributed by atoms with Crippen molar-refractivity contribution in [1.82, 2.24) is 4.90 Å². The minimum absolute atomic E-state index is 0.227. The van der Waals surface area contributed by atoms with E-state index >= 15 is 0 Å². The summed E-state index contributed by atoms with van der Waals surface area (Å²) in [5, 5.41) is 0. The Labute approximate surface area is 130 Å². The predicted octanol–water partition coefficient (Wildman–Crippen LogP) is 3.24. The highest BCUT2D eigenvalue weighted by Gasteiger charge is 2.28. The molecule has 0 saturated carbocycles. The Morgan fingerprint density at radius 1 is 1.32 bits per heavy atom. The average molecular weight is 299 g/mol. The third-order valence-electron chi connectivity index (χ3n) is 4.27. The molecule has 2 heterocycles. The fourth-order valence-corrected chi connectivity index (χ4v) is 2.94. The summed E-state index contributed by atoms with van der Waals surface area (Å²) in [6.07, 6.45) is 4.01. The molecule has 1 aliphatic rings. The lowest BCUT2D eigenvalue weighted by atomic mass is 10.1. The van der Waals surface area contributed by atoms with Crippen LogP contribution in [0.2, 0.25) is 0 Å². The Bertz CT molecular complexity index is 604. The van der Waals surface area contributed by atoms with Crippen molar-refractivity contribution in [3.8, 4) is 5.75 Å². The Hall–Kier alpha value is -2.23. The number of nitrogens with zero attached hydrogens (tertiary/aromatic N) is 1. The molecule has 0 N–H and O–H groups in total. The molecule has 1 amide bonds. The first kappa shape index (κ1) is 14.7. The van der Waals surface area contributed by atoms with Crippen LogP contribution in [0.5, 0.6) is 5.75 Å². The standard InChI is InChI=1S/C18H21NO3/c1-21-16-7-4-14(5-8-16)6-9-18(20)19-11-10-15(13-19)17-3-2-12-22-17/h2-5,7-8,12,15H,6,9-11,13H2,1H3. The van der Waals surface area contributed by atoms with Gasteiger partial charge >= 0.3 is 0 Å². The van der Waals surface area contributed by atoms with Gasteiger partial charge in [-0.05, 0) is 42.7 Å². The molecular weight excluding hydrogens is 278 g/mol. The first-order valence-corrected chi connectivity index (χ1v) is 7.70. The molecule has 2 aromatic rings. The first-order chi connectivity index (χ1) is 10.8. The number of aryl methyl sites for hydroxylation is 1. The maximum Gasteiger partial charge on any atom is 0.222 e. The van der Waals surface area contributed by atoms with Gasteiger partial charge in [-0.25, -0.2) is 0 Å². The van der Waals surface area contributed by atoms with Gasteiger partial charge in [-0.1, -0.05) is 12.1 Å². The topological polar surface area (TPSA) is 42.7 Å². The predicted molar refractivity (Wildman–Crippen MR) is 84.0 cm³/mol. The van der Waals surface area contributed by atoms with E-state index in [4.69, 9.17) is 9.15 Å². The minimum Gasteiger partial charge on any atom is -0.497 e. The highest BCUT2D eigenvalue weighted by Crippen LogP contribution is 2.27. The van der Waals surface area contributed by atoms with E-state index in [0.717, 1.165) is 43.0 Å². The van der Waals surface area contributed by atoms with Crippen molar-refractivity contribution in [1.29, 1.82) is 0 Å². The van der Waals surface area contributed by atoms with E-state index in [1.165, 1.54) is 0 Å². The van der Waals surface area contributed by atoms with Crippen LogP contribution >= 0.6 is 0 Å². The zero-order chi connectivity index (χ0) is 15.4. The van der Waals surface area contributed by atoms with Crippen LogP contribution in [-0.4, -0.2) is 31.0 Å². The van der Waals surface area contributed by atoms with Gasteiger partial charge in [-0.2, -0.15) is 0 Å². The number of furan rings is 1. The highest BCUT2D eigenvalue weighted by atomic mass is 16.5. The summed E-state index contributed by atoms with van der Waals surface area (Å²) in [5.74, 6) is 2.41. The van der Waals surface area contributed by atoms with Crippen molar-refractivity contribution in [3.63, 3.8) is 0 Å². The van der Waals surface area contributed by atoms with Gasteiger partial charge in [0, 0.05) is 25.4 Å². The van der Waals surface area contributed by atoms with Crippen molar-refractivity contribution in [2.24, 2.45) is 0 Å². The Morgan fingerprint density at radius 3 is 2.82 bits per heavy atom. The second-order valence-electron chi connectivity index (χ2n) is 5.69. The molecule has 1 saturated heterocycles. The smallest absolute Gasteiger partial charge is 0.222 e. The Kier molecular flexibility index (Phi) is 4.47. The second kappa shape index (κ2) is 6.69. The molecular formula is C18H21NO3. The number of amides is 1. The molecule has 4 heteroatoms. The minimum atomic E-state index is 0.227. The summed E-state index contributed by atoms with van der Waals surface area (Å²) in [4.78, 5) is 14.3. The van der Waals surface area contributed by atoms with E-state index in [-0.39, 0.29) is 5.91 Å². The van der Waals surface area contributed by atoms with Crippen LogP contribution in [0.25, 0.3) is 0 Å². The number of benzene rings is 1. The third kappa shape index (κ3) is 3.32. The number of likely N-dealkylation sites (tertiary alicyclic amines) is 1. The maximum atomic E-state index is 12.3. The van der Waals surface area contributed by atoms with Crippen molar-refractivity contribution >= 4 is 5.91 Å². The molecule has 4 nitrogen and oxygen atoms in total. The van der Waals surface area contributed by atoms with E-state index in [9.17, 15) is 4.79 Å². The van der Waals surface area contributed by atoms with Crippen LogP contribution < -0.4 is 4.74 Å². The lowest BCUT2D eigenvalue weighted by Gasteiger charge is -2.16. The summed E-state index contributed by atoms with van der Waals surface area (Å²) in [6.45, 7) is 1.60.